The van der Waals surface area contributed by atoms with Crippen molar-refractivity contribution in [1.82, 2.24) is 14.5 Å². The fraction of sp³-hybridized carbons (Fsp3) is 0.481. The average Bonchev–Trinajstić information content (AvgIpc) is 2.91. The number of hydrogen-bond acceptors (Lipinski definition) is 5. The van der Waals surface area contributed by atoms with Crippen LogP contribution < -0.4 is 14.4 Å². The number of halogens is 1. The van der Waals surface area contributed by atoms with Crippen LogP contribution in [0, 0.1) is 5.82 Å². The Bertz CT molecular complexity index is 1200. The van der Waals surface area contributed by atoms with Gasteiger partial charge < -0.3 is 15.0 Å². The third-order valence-corrected chi connectivity index (χ3v) is 8.56. The molecular formula is C27H37FN4O5S. The highest BCUT2D eigenvalue weighted by Gasteiger charge is 2.33. The predicted molar refractivity (Wildman–Crippen MR) is 144 cm³/mol. The molecule has 1 aliphatic rings. The Hall–Kier alpha value is -3.18. The van der Waals surface area contributed by atoms with E-state index in [-0.39, 0.29) is 24.2 Å². The summed E-state index contributed by atoms with van der Waals surface area (Å²) in [5.41, 5.74) is 0.855. The van der Waals surface area contributed by atoms with Crippen LogP contribution in [0.15, 0.2) is 48.5 Å². The van der Waals surface area contributed by atoms with Crippen molar-refractivity contribution >= 4 is 27.7 Å². The highest BCUT2D eigenvalue weighted by atomic mass is 32.2. The number of benzene rings is 2. The van der Waals surface area contributed by atoms with Crippen LogP contribution in [0.2, 0.25) is 0 Å². The molecule has 0 aromatic heterocycles. The summed E-state index contributed by atoms with van der Waals surface area (Å²) in [6.07, 6.45) is 5.01. The number of ether oxygens (including phenoxy) is 1. The van der Waals surface area contributed by atoms with E-state index in [0.717, 1.165) is 58.4 Å². The van der Waals surface area contributed by atoms with Crippen molar-refractivity contribution in [3.8, 4) is 5.75 Å². The van der Waals surface area contributed by atoms with E-state index in [4.69, 9.17) is 4.74 Å². The number of carbonyl (C=O) groups is 2. The van der Waals surface area contributed by atoms with Crippen molar-refractivity contribution in [3.63, 3.8) is 0 Å². The molecule has 0 spiro atoms. The van der Waals surface area contributed by atoms with Crippen LogP contribution in [0.4, 0.5) is 10.1 Å². The molecular weight excluding hydrogens is 511 g/mol. The molecule has 2 aromatic carbocycles. The van der Waals surface area contributed by atoms with Gasteiger partial charge in [-0.25, -0.2) is 8.70 Å². The number of nitrogens with zero attached hydrogens (tertiary/aromatic N) is 3. The molecule has 0 aliphatic heterocycles. The van der Waals surface area contributed by atoms with Gasteiger partial charge in [-0.15, -0.1) is 0 Å². The van der Waals surface area contributed by atoms with E-state index in [1.165, 1.54) is 38.2 Å². The first-order valence-corrected chi connectivity index (χ1v) is 14.1. The topological polar surface area (TPSA) is 99.3 Å². The lowest BCUT2D eigenvalue weighted by Gasteiger charge is -2.34. The molecule has 1 atom stereocenters. The molecule has 1 N–H and O–H groups in total. The maximum Gasteiger partial charge on any atom is 0.304 e. The summed E-state index contributed by atoms with van der Waals surface area (Å²) in [6, 6.07) is 11.2. The zero-order chi connectivity index (χ0) is 27.9. The molecule has 3 rings (SSSR count). The van der Waals surface area contributed by atoms with Crippen LogP contribution in [0.25, 0.3) is 0 Å². The minimum absolute atomic E-state index is 0.0531. The molecule has 0 saturated heterocycles. The highest BCUT2D eigenvalue weighted by Crippen LogP contribution is 2.23. The minimum atomic E-state index is -4.11. The Morgan fingerprint density at radius 1 is 1.08 bits per heavy atom. The molecule has 2 aromatic rings. The van der Waals surface area contributed by atoms with Crippen molar-refractivity contribution in [2.45, 2.75) is 57.7 Å². The Morgan fingerprint density at radius 2 is 1.74 bits per heavy atom. The summed E-state index contributed by atoms with van der Waals surface area (Å²) in [5.74, 6) is -0.807. The van der Waals surface area contributed by atoms with Crippen LogP contribution in [-0.4, -0.2) is 69.3 Å². The lowest BCUT2D eigenvalue weighted by Crippen LogP contribution is -2.53. The predicted octanol–water partition coefficient (Wildman–Crippen LogP) is 3.31. The van der Waals surface area contributed by atoms with E-state index in [0.29, 0.717) is 5.75 Å². The SMILES string of the molecule is COc1cccc(CN(C(=O)CN(c2ccc(F)cc2)S(=O)(=O)N(C)C)C(C)C(=O)NC2CCCCC2)c1. The van der Waals surface area contributed by atoms with Gasteiger partial charge in [-0.1, -0.05) is 31.4 Å². The first-order chi connectivity index (χ1) is 18.0. The summed E-state index contributed by atoms with van der Waals surface area (Å²) < 4.78 is 47.1. The van der Waals surface area contributed by atoms with E-state index in [9.17, 15) is 22.4 Å². The molecule has 0 bridgehead atoms. The molecule has 1 aliphatic carbocycles. The van der Waals surface area contributed by atoms with Gasteiger partial charge in [0.2, 0.25) is 11.8 Å². The molecule has 1 unspecified atom stereocenters. The third kappa shape index (κ3) is 7.44. The van der Waals surface area contributed by atoms with E-state index < -0.39 is 34.5 Å². The molecule has 208 valence electrons. The monoisotopic (exact) mass is 548 g/mol. The van der Waals surface area contributed by atoms with Gasteiger partial charge in [0.15, 0.2) is 0 Å². The molecule has 38 heavy (non-hydrogen) atoms. The Balaban J connectivity index is 1.92. The van der Waals surface area contributed by atoms with Crippen molar-refractivity contribution in [2.24, 2.45) is 0 Å². The van der Waals surface area contributed by atoms with Crippen molar-refractivity contribution in [1.29, 1.82) is 0 Å². The van der Waals surface area contributed by atoms with Crippen LogP contribution in [0.3, 0.4) is 0 Å². The molecule has 2 amide bonds. The maximum absolute atomic E-state index is 13.8. The number of amides is 2. The molecule has 0 radical (unpaired) electrons. The van der Waals surface area contributed by atoms with Gasteiger partial charge >= 0.3 is 10.2 Å². The Labute approximate surface area is 224 Å². The number of anilines is 1. The van der Waals surface area contributed by atoms with Crippen LogP contribution in [0.5, 0.6) is 5.75 Å². The van der Waals surface area contributed by atoms with Gasteiger partial charge in [0.25, 0.3) is 0 Å². The lowest BCUT2D eigenvalue weighted by atomic mass is 9.95. The van der Waals surface area contributed by atoms with Crippen LogP contribution in [-0.2, 0) is 26.3 Å². The van der Waals surface area contributed by atoms with E-state index >= 15 is 0 Å². The van der Waals surface area contributed by atoms with Gasteiger partial charge in [0, 0.05) is 26.7 Å². The third-order valence-electron chi connectivity index (χ3n) is 6.74. The summed E-state index contributed by atoms with van der Waals surface area (Å²) in [6.45, 7) is 1.13. The van der Waals surface area contributed by atoms with Crippen molar-refractivity contribution in [2.75, 3.05) is 32.1 Å². The summed E-state index contributed by atoms with van der Waals surface area (Å²) in [4.78, 5) is 28.4. The highest BCUT2D eigenvalue weighted by molar-refractivity contribution is 7.90. The van der Waals surface area contributed by atoms with Gasteiger partial charge in [0.1, 0.15) is 24.2 Å². The van der Waals surface area contributed by atoms with E-state index in [1.54, 1.807) is 25.1 Å². The van der Waals surface area contributed by atoms with Gasteiger partial charge in [-0.2, -0.15) is 12.7 Å². The number of methoxy groups -OCH3 is 1. The van der Waals surface area contributed by atoms with Gasteiger partial charge in [-0.05, 0) is 61.7 Å². The fourth-order valence-corrected chi connectivity index (χ4v) is 5.50. The van der Waals surface area contributed by atoms with E-state index in [1.807, 2.05) is 6.07 Å². The van der Waals surface area contributed by atoms with Gasteiger partial charge in [0.05, 0.1) is 12.8 Å². The summed E-state index contributed by atoms with van der Waals surface area (Å²) in [7, 11) is 0.131. The number of carbonyl (C=O) groups excluding carboxylic acids is 2. The fourth-order valence-electron chi connectivity index (χ4n) is 4.44. The summed E-state index contributed by atoms with van der Waals surface area (Å²) >= 11 is 0. The Morgan fingerprint density at radius 3 is 2.34 bits per heavy atom. The second kappa shape index (κ2) is 13.1. The first kappa shape index (κ1) is 29.4. The minimum Gasteiger partial charge on any atom is -0.497 e. The number of hydrogen-bond donors (Lipinski definition) is 1. The maximum atomic E-state index is 13.8. The van der Waals surface area contributed by atoms with E-state index in [2.05, 4.69) is 5.32 Å². The normalized spacial score (nSPS) is 15.1. The lowest BCUT2D eigenvalue weighted by molar-refractivity contribution is -0.139. The smallest absolute Gasteiger partial charge is 0.304 e. The van der Waals surface area contributed by atoms with Crippen LogP contribution >= 0.6 is 0 Å². The van der Waals surface area contributed by atoms with Gasteiger partial charge in [-0.3, -0.25) is 9.59 Å². The van der Waals surface area contributed by atoms with Crippen molar-refractivity contribution < 1.29 is 27.1 Å². The second-order valence-electron chi connectivity index (χ2n) is 9.67. The molecule has 1 fully saturated rings. The molecule has 9 nitrogen and oxygen atoms in total. The zero-order valence-electron chi connectivity index (χ0n) is 22.4. The molecule has 11 heteroatoms. The second-order valence-corrected chi connectivity index (χ2v) is 11.7. The Kier molecular flexibility index (Phi) is 10.1. The molecule has 0 heterocycles. The zero-order valence-corrected chi connectivity index (χ0v) is 23.2. The average molecular weight is 549 g/mol. The first-order valence-electron chi connectivity index (χ1n) is 12.7. The standard InChI is InChI=1S/C27H37FN4O5S/c1-20(27(34)29-23-10-6-5-7-11-23)31(18-21-9-8-12-25(17-21)37-4)26(33)19-32(38(35,36)30(2)3)24-15-13-22(28)14-16-24/h8-9,12-17,20,23H,5-7,10-11,18-19H2,1-4H3,(H,29,34). The summed E-state index contributed by atoms with van der Waals surface area (Å²) in [5, 5.41) is 3.06. The van der Waals surface area contributed by atoms with Crippen molar-refractivity contribution in [3.05, 3.63) is 59.9 Å². The van der Waals surface area contributed by atoms with Crippen LogP contribution in [0.1, 0.15) is 44.6 Å². The molecule has 1 saturated carbocycles. The largest absolute Gasteiger partial charge is 0.497 e. The quantitative estimate of drug-likeness (QED) is 0.465. The number of nitrogens with one attached hydrogen (secondary N) is 1. The number of rotatable bonds is 11.